The second-order valence-electron chi connectivity index (χ2n) is 2.65. The number of benzene rings is 1. The minimum absolute atomic E-state index is 0.834. The molecule has 0 aromatic heterocycles. The lowest BCUT2D eigenvalue weighted by Crippen LogP contribution is -1.82. The fourth-order valence-corrected chi connectivity index (χ4v) is 1.86. The zero-order valence-electron chi connectivity index (χ0n) is 7.23. The monoisotopic (exact) mass is 198 g/mol. The van der Waals surface area contributed by atoms with Gasteiger partial charge in [0.2, 0.25) is 0 Å². The average molecular weight is 199 g/mol. The highest BCUT2D eigenvalue weighted by Crippen LogP contribution is 2.28. The second kappa shape index (κ2) is 4.01. The molecule has 0 saturated carbocycles. The van der Waals surface area contributed by atoms with Gasteiger partial charge < -0.3 is 0 Å². The Labute approximate surface area is 82.6 Å². The summed E-state index contributed by atoms with van der Waals surface area (Å²) in [6.45, 7) is 7.74. The Morgan fingerprint density at radius 2 is 2.00 bits per heavy atom. The van der Waals surface area contributed by atoms with E-state index in [1.54, 1.807) is 11.8 Å². The van der Waals surface area contributed by atoms with E-state index in [-0.39, 0.29) is 0 Å². The van der Waals surface area contributed by atoms with E-state index in [1.165, 1.54) is 10.5 Å². The summed E-state index contributed by atoms with van der Waals surface area (Å²) in [4.78, 5) is 1.23. The van der Waals surface area contributed by atoms with Crippen LogP contribution in [0, 0.1) is 13.8 Å². The summed E-state index contributed by atoms with van der Waals surface area (Å²) >= 11 is 7.58. The van der Waals surface area contributed by atoms with Gasteiger partial charge in [-0.3, -0.25) is 0 Å². The van der Waals surface area contributed by atoms with E-state index in [4.69, 9.17) is 11.6 Å². The van der Waals surface area contributed by atoms with Crippen molar-refractivity contribution in [3.8, 4) is 0 Å². The van der Waals surface area contributed by atoms with Gasteiger partial charge in [-0.05, 0) is 42.5 Å². The summed E-state index contributed by atoms with van der Waals surface area (Å²) in [5, 5.41) is 2.66. The molecular formula is C10H11ClS. The highest BCUT2D eigenvalue weighted by molar-refractivity contribution is 8.02. The number of hydrogen-bond acceptors (Lipinski definition) is 1. The minimum Gasteiger partial charge on any atom is -0.0984 e. The Kier molecular flexibility index (Phi) is 3.24. The highest BCUT2D eigenvalue weighted by Gasteiger charge is 2.01. The Hall–Kier alpha value is -0.400. The Balaban J connectivity index is 3.13. The molecule has 0 N–H and O–H groups in total. The van der Waals surface area contributed by atoms with Gasteiger partial charge >= 0.3 is 0 Å². The molecule has 0 aliphatic carbocycles. The lowest BCUT2D eigenvalue weighted by atomic mass is 10.2. The molecule has 0 spiro atoms. The lowest BCUT2D eigenvalue weighted by Gasteiger charge is -2.05. The number of halogens is 1. The van der Waals surface area contributed by atoms with Crippen LogP contribution in [0.15, 0.2) is 29.0 Å². The van der Waals surface area contributed by atoms with Gasteiger partial charge in [0, 0.05) is 9.92 Å². The second-order valence-corrected chi connectivity index (χ2v) is 4.07. The van der Waals surface area contributed by atoms with Crippen LogP contribution in [0.2, 0.25) is 5.02 Å². The molecule has 2 heteroatoms. The molecule has 12 heavy (non-hydrogen) atoms. The van der Waals surface area contributed by atoms with E-state index in [2.05, 4.69) is 19.6 Å². The van der Waals surface area contributed by atoms with Crippen LogP contribution in [-0.4, -0.2) is 0 Å². The minimum atomic E-state index is 0.834. The van der Waals surface area contributed by atoms with Crippen molar-refractivity contribution in [2.24, 2.45) is 0 Å². The number of thioether (sulfide) groups is 1. The summed E-state index contributed by atoms with van der Waals surface area (Å²) in [5.74, 6) is 0. The predicted molar refractivity (Wildman–Crippen MR) is 57.0 cm³/mol. The predicted octanol–water partition coefficient (Wildman–Crippen LogP) is 4.19. The first kappa shape index (κ1) is 9.69. The quantitative estimate of drug-likeness (QED) is 0.643. The van der Waals surface area contributed by atoms with Gasteiger partial charge in [0.15, 0.2) is 0 Å². The summed E-state index contributed by atoms with van der Waals surface area (Å²) < 4.78 is 0. The van der Waals surface area contributed by atoms with E-state index < -0.39 is 0 Å². The van der Waals surface area contributed by atoms with Crippen molar-refractivity contribution in [1.82, 2.24) is 0 Å². The van der Waals surface area contributed by atoms with Crippen LogP contribution in [0.5, 0.6) is 0 Å². The first-order valence-corrected chi connectivity index (χ1v) is 4.95. The molecule has 0 saturated heterocycles. The van der Waals surface area contributed by atoms with Gasteiger partial charge in [-0.15, -0.1) is 0 Å². The van der Waals surface area contributed by atoms with Crippen molar-refractivity contribution in [3.05, 3.63) is 40.3 Å². The van der Waals surface area contributed by atoms with Gasteiger partial charge in [-0.2, -0.15) is 0 Å². The van der Waals surface area contributed by atoms with Crippen LogP contribution in [-0.2, 0) is 0 Å². The zero-order chi connectivity index (χ0) is 9.14. The van der Waals surface area contributed by atoms with Crippen LogP contribution in [0.1, 0.15) is 11.1 Å². The topological polar surface area (TPSA) is 0 Å². The third-order valence-corrected chi connectivity index (χ3v) is 2.93. The molecule has 1 rings (SSSR count). The fourth-order valence-electron chi connectivity index (χ4n) is 0.971. The molecule has 0 aliphatic heterocycles. The Morgan fingerprint density at radius 1 is 1.33 bits per heavy atom. The fraction of sp³-hybridized carbons (Fsp3) is 0.200. The summed E-state index contributed by atoms with van der Waals surface area (Å²) in [6, 6.07) is 4.08. The Morgan fingerprint density at radius 3 is 2.58 bits per heavy atom. The molecule has 0 radical (unpaired) electrons. The number of aryl methyl sites for hydroxylation is 2. The summed E-state index contributed by atoms with van der Waals surface area (Å²) in [6.07, 6.45) is 0. The molecule has 0 bridgehead atoms. The normalized spacial score (nSPS) is 9.92. The van der Waals surface area contributed by atoms with E-state index in [0.717, 1.165) is 10.6 Å². The van der Waals surface area contributed by atoms with E-state index in [0.29, 0.717) is 0 Å². The molecule has 1 aromatic rings. The van der Waals surface area contributed by atoms with Crippen molar-refractivity contribution in [2.45, 2.75) is 18.7 Å². The van der Waals surface area contributed by atoms with Crippen molar-refractivity contribution >= 4 is 23.4 Å². The van der Waals surface area contributed by atoms with Crippen molar-refractivity contribution in [1.29, 1.82) is 0 Å². The maximum atomic E-state index is 5.95. The standard InChI is InChI=1S/C10H11ClS/c1-4-12-10-6-7(2)9(11)5-8(10)3/h4-6H,1H2,2-3H3. The van der Waals surface area contributed by atoms with Crippen LogP contribution < -0.4 is 0 Å². The van der Waals surface area contributed by atoms with E-state index in [1.807, 2.05) is 18.4 Å². The molecular weight excluding hydrogens is 188 g/mol. The van der Waals surface area contributed by atoms with Crippen molar-refractivity contribution < 1.29 is 0 Å². The van der Waals surface area contributed by atoms with Crippen molar-refractivity contribution in [3.63, 3.8) is 0 Å². The molecule has 0 unspecified atom stereocenters. The molecule has 0 aliphatic rings. The first-order valence-electron chi connectivity index (χ1n) is 3.69. The smallest absolute Gasteiger partial charge is 0.0438 e. The average Bonchev–Trinajstić information content (AvgIpc) is 2.01. The van der Waals surface area contributed by atoms with Crippen LogP contribution >= 0.6 is 23.4 Å². The van der Waals surface area contributed by atoms with Gasteiger partial charge in [0.05, 0.1) is 0 Å². The molecule has 1 aromatic carbocycles. The lowest BCUT2D eigenvalue weighted by molar-refractivity contribution is 1.26. The third-order valence-electron chi connectivity index (χ3n) is 1.67. The Bertz CT molecular complexity index is 305. The summed E-state index contributed by atoms with van der Waals surface area (Å²) in [5.41, 5.74) is 2.32. The largest absolute Gasteiger partial charge is 0.0984 e. The van der Waals surface area contributed by atoms with Crippen LogP contribution in [0.25, 0.3) is 0 Å². The zero-order valence-corrected chi connectivity index (χ0v) is 8.80. The summed E-state index contributed by atoms with van der Waals surface area (Å²) in [7, 11) is 0. The maximum absolute atomic E-state index is 5.95. The van der Waals surface area contributed by atoms with Gasteiger partial charge in [-0.1, -0.05) is 29.9 Å². The van der Waals surface area contributed by atoms with Gasteiger partial charge in [-0.25, -0.2) is 0 Å². The molecule has 0 atom stereocenters. The first-order chi connectivity index (χ1) is 5.65. The maximum Gasteiger partial charge on any atom is 0.0438 e. The van der Waals surface area contributed by atoms with Gasteiger partial charge in [0.25, 0.3) is 0 Å². The van der Waals surface area contributed by atoms with E-state index >= 15 is 0 Å². The van der Waals surface area contributed by atoms with Crippen LogP contribution in [0.3, 0.4) is 0 Å². The SMILES string of the molecule is C=CSc1cc(C)c(Cl)cc1C. The number of hydrogen-bond donors (Lipinski definition) is 0. The van der Waals surface area contributed by atoms with Crippen LogP contribution in [0.4, 0.5) is 0 Å². The third kappa shape index (κ3) is 2.05. The molecule has 0 nitrogen and oxygen atoms in total. The molecule has 64 valence electrons. The van der Waals surface area contributed by atoms with E-state index in [9.17, 15) is 0 Å². The molecule has 0 heterocycles. The molecule has 0 fully saturated rings. The number of rotatable bonds is 2. The highest BCUT2D eigenvalue weighted by atomic mass is 35.5. The molecule has 0 amide bonds. The van der Waals surface area contributed by atoms with Crippen molar-refractivity contribution in [2.75, 3.05) is 0 Å². The van der Waals surface area contributed by atoms with Gasteiger partial charge in [0.1, 0.15) is 0 Å².